The van der Waals surface area contributed by atoms with Crippen molar-refractivity contribution in [3.05, 3.63) is 11.4 Å². The fourth-order valence-electron chi connectivity index (χ4n) is 2.99. The molecule has 0 bridgehead atoms. The van der Waals surface area contributed by atoms with Crippen LogP contribution in [0.25, 0.3) is 0 Å². The van der Waals surface area contributed by atoms with Crippen LogP contribution < -0.4 is 11.1 Å². The van der Waals surface area contributed by atoms with Crippen LogP contribution in [0.5, 0.6) is 0 Å². The number of aryl methyl sites for hydroxylation is 2. The topological polar surface area (TPSA) is 76.2 Å². The van der Waals surface area contributed by atoms with E-state index < -0.39 is 0 Å². The minimum absolute atomic E-state index is 0.0902. The van der Waals surface area contributed by atoms with E-state index in [-0.39, 0.29) is 11.9 Å². The van der Waals surface area contributed by atoms with Gasteiger partial charge in [-0.15, -0.1) is 0 Å². The van der Waals surface area contributed by atoms with Crippen molar-refractivity contribution in [2.24, 2.45) is 0 Å². The van der Waals surface area contributed by atoms with Crippen LogP contribution >= 0.6 is 0 Å². The molecule has 1 saturated carbocycles. The largest absolute Gasteiger partial charge is 0.395 e. The van der Waals surface area contributed by atoms with Crippen LogP contribution in [-0.4, -0.2) is 45.8 Å². The van der Waals surface area contributed by atoms with Crippen molar-refractivity contribution in [1.29, 1.82) is 0 Å². The van der Waals surface area contributed by atoms with Crippen molar-refractivity contribution < 1.29 is 4.79 Å². The minimum atomic E-state index is -0.0902. The van der Waals surface area contributed by atoms with Crippen LogP contribution in [0.4, 0.5) is 5.69 Å². The maximum atomic E-state index is 12.4. The second kappa shape index (κ2) is 5.09. The predicted molar refractivity (Wildman–Crippen MR) is 77.5 cm³/mol. The van der Waals surface area contributed by atoms with Gasteiger partial charge in [-0.05, 0) is 33.1 Å². The van der Waals surface area contributed by atoms with Gasteiger partial charge in [0.15, 0.2) is 0 Å². The van der Waals surface area contributed by atoms with Crippen LogP contribution in [0.15, 0.2) is 0 Å². The zero-order valence-corrected chi connectivity index (χ0v) is 12.2. The summed E-state index contributed by atoms with van der Waals surface area (Å²) in [4.78, 5) is 14.9. The number of nitrogen functional groups attached to an aromatic ring is 1. The molecule has 3 N–H and O–H groups in total. The van der Waals surface area contributed by atoms with Crippen molar-refractivity contribution in [1.82, 2.24) is 20.0 Å². The molecular weight excluding hydrogens is 254 g/mol. The number of anilines is 1. The number of likely N-dealkylation sites (tertiary alicyclic amines) is 1. The van der Waals surface area contributed by atoms with E-state index in [1.807, 2.05) is 13.8 Å². The molecule has 6 heteroatoms. The number of carbonyl (C=O) groups is 1. The Balaban J connectivity index is 1.67. The highest BCUT2D eigenvalue weighted by atomic mass is 16.2. The smallest absolute Gasteiger partial charge is 0.271 e. The molecule has 1 atom stereocenters. The molecule has 1 aromatic rings. The van der Waals surface area contributed by atoms with Gasteiger partial charge < -0.3 is 11.1 Å². The molecule has 1 aliphatic heterocycles. The first kappa shape index (κ1) is 13.4. The number of nitrogens with two attached hydrogens (primary N) is 1. The molecule has 1 amide bonds. The average Bonchev–Trinajstić information content (AvgIpc) is 3.11. The van der Waals surface area contributed by atoms with Gasteiger partial charge >= 0.3 is 0 Å². The van der Waals surface area contributed by atoms with Gasteiger partial charge in [-0.1, -0.05) is 0 Å². The van der Waals surface area contributed by atoms with Crippen molar-refractivity contribution in [3.63, 3.8) is 0 Å². The highest BCUT2D eigenvalue weighted by Crippen LogP contribution is 2.30. The molecule has 2 aliphatic rings. The highest BCUT2D eigenvalue weighted by Gasteiger charge is 2.35. The molecule has 2 fully saturated rings. The summed E-state index contributed by atoms with van der Waals surface area (Å²) in [6, 6.07) is 1.01. The van der Waals surface area contributed by atoms with E-state index in [0.717, 1.165) is 31.2 Å². The SMILES string of the molecule is CCn1nc(C)c(N)c1C(=O)NC1CCN(C2CC2)C1. The molecule has 1 unspecified atom stereocenters. The normalized spacial score (nSPS) is 23.2. The Labute approximate surface area is 119 Å². The maximum absolute atomic E-state index is 12.4. The zero-order chi connectivity index (χ0) is 14.3. The first-order chi connectivity index (χ1) is 9.60. The van der Waals surface area contributed by atoms with E-state index in [1.54, 1.807) is 4.68 Å². The lowest BCUT2D eigenvalue weighted by molar-refractivity contribution is 0.0927. The molecule has 2 heterocycles. The third kappa shape index (κ3) is 2.40. The van der Waals surface area contributed by atoms with E-state index in [4.69, 9.17) is 5.73 Å². The number of hydrogen-bond donors (Lipinski definition) is 2. The van der Waals surface area contributed by atoms with Crippen molar-refractivity contribution in [2.45, 2.75) is 51.7 Å². The minimum Gasteiger partial charge on any atom is -0.395 e. The van der Waals surface area contributed by atoms with Gasteiger partial charge in [0.2, 0.25) is 0 Å². The van der Waals surface area contributed by atoms with Gasteiger partial charge in [0.05, 0.1) is 11.4 Å². The van der Waals surface area contributed by atoms with Gasteiger partial charge in [-0.3, -0.25) is 14.4 Å². The summed E-state index contributed by atoms with van der Waals surface area (Å²) in [5, 5.41) is 7.41. The van der Waals surface area contributed by atoms with E-state index in [9.17, 15) is 4.79 Å². The predicted octanol–water partition coefficient (Wildman–Crippen LogP) is 0.760. The lowest BCUT2D eigenvalue weighted by Crippen LogP contribution is -2.38. The summed E-state index contributed by atoms with van der Waals surface area (Å²) in [5.74, 6) is -0.0902. The molecule has 1 saturated heterocycles. The molecular formula is C14H23N5O. The Morgan fingerprint density at radius 3 is 2.85 bits per heavy atom. The van der Waals surface area contributed by atoms with Gasteiger partial charge in [0.25, 0.3) is 5.91 Å². The van der Waals surface area contributed by atoms with Gasteiger partial charge in [-0.2, -0.15) is 5.10 Å². The Kier molecular flexibility index (Phi) is 3.41. The fraction of sp³-hybridized carbons (Fsp3) is 0.714. The van der Waals surface area contributed by atoms with Crippen molar-refractivity contribution in [3.8, 4) is 0 Å². The third-order valence-electron chi connectivity index (χ3n) is 4.31. The lowest BCUT2D eigenvalue weighted by atomic mass is 10.2. The van der Waals surface area contributed by atoms with Crippen molar-refractivity contribution >= 4 is 11.6 Å². The van der Waals surface area contributed by atoms with E-state index in [1.165, 1.54) is 12.8 Å². The van der Waals surface area contributed by atoms with E-state index >= 15 is 0 Å². The number of carbonyl (C=O) groups excluding carboxylic acids is 1. The summed E-state index contributed by atoms with van der Waals surface area (Å²) in [5.41, 5.74) is 7.72. The number of nitrogens with zero attached hydrogens (tertiary/aromatic N) is 3. The summed E-state index contributed by atoms with van der Waals surface area (Å²) < 4.78 is 1.69. The van der Waals surface area contributed by atoms with Gasteiger partial charge in [-0.25, -0.2) is 0 Å². The highest BCUT2D eigenvalue weighted by molar-refractivity contribution is 5.98. The van der Waals surface area contributed by atoms with Crippen LogP contribution in [-0.2, 0) is 6.54 Å². The third-order valence-corrected chi connectivity index (χ3v) is 4.31. The number of rotatable bonds is 4. The Morgan fingerprint density at radius 1 is 1.45 bits per heavy atom. The van der Waals surface area contributed by atoms with Crippen LogP contribution in [0.3, 0.4) is 0 Å². The summed E-state index contributed by atoms with van der Waals surface area (Å²) >= 11 is 0. The molecule has 0 spiro atoms. The number of aromatic nitrogens is 2. The molecule has 1 aliphatic carbocycles. The fourth-order valence-corrected chi connectivity index (χ4v) is 2.99. The summed E-state index contributed by atoms with van der Waals surface area (Å²) in [6.07, 6.45) is 3.66. The second-order valence-corrected chi connectivity index (χ2v) is 5.85. The monoisotopic (exact) mass is 277 g/mol. The average molecular weight is 277 g/mol. The number of amides is 1. The quantitative estimate of drug-likeness (QED) is 0.852. The lowest BCUT2D eigenvalue weighted by Gasteiger charge is -2.16. The van der Waals surface area contributed by atoms with E-state index in [2.05, 4.69) is 15.3 Å². The number of nitrogens with one attached hydrogen (secondary N) is 1. The van der Waals surface area contributed by atoms with Crippen molar-refractivity contribution in [2.75, 3.05) is 18.8 Å². The first-order valence-electron chi connectivity index (χ1n) is 7.48. The molecule has 6 nitrogen and oxygen atoms in total. The zero-order valence-electron chi connectivity index (χ0n) is 12.2. The van der Waals surface area contributed by atoms with E-state index in [0.29, 0.717) is 17.9 Å². The standard InChI is InChI=1S/C14H23N5O/c1-3-19-13(12(15)9(2)17-19)14(20)16-10-6-7-18(8-10)11-4-5-11/h10-11H,3-8,15H2,1-2H3,(H,16,20). The first-order valence-corrected chi connectivity index (χ1v) is 7.48. The Hall–Kier alpha value is -1.56. The summed E-state index contributed by atoms with van der Waals surface area (Å²) in [6.45, 7) is 6.52. The van der Waals surface area contributed by atoms with Crippen LogP contribution in [0, 0.1) is 6.92 Å². The number of hydrogen-bond acceptors (Lipinski definition) is 4. The molecule has 1 aromatic heterocycles. The maximum Gasteiger partial charge on any atom is 0.271 e. The molecule has 0 aromatic carbocycles. The molecule has 3 rings (SSSR count). The van der Waals surface area contributed by atoms with Gasteiger partial charge in [0, 0.05) is 31.7 Å². The molecule has 0 radical (unpaired) electrons. The summed E-state index contributed by atoms with van der Waals surface area (Å²) in [7, 11) is 0. The van der Waals surface area contributed by atoms with Crippen LogP contribution in [0.1, 0.15) is 42.4 Å². The molecule has 110 valence electrons. The van der Waals surface area contributed by atoms with Crippen LogP contribution in [0.2, 0.25) is 0 Å². The Bertz CT molecular complexity index is 520. The molecule has 20 heavy (non-hydrogen) atoms. The second-order valence-electron chi connectivity index (χ2n) is 5.85. The van der Waals surface area contributed by atoms with Gasteiger partial charge in [0.1, 0.15) is 5.69 Å². The Morgan fingerprint density at radius 2 is 2.20 bits per heavy atom.